The van der Waals surface area contributed by atoms with Gasteiger partial charge in [0.15, 0.2) is 0 Å². The predicted molar refractivity (Wildman–Crippen MR) is 291 cm³/mol. The number of hydrogen-bond acceptors (Lipinski definition) is 2. The highest BCUT2D eigenvalue weighted by atomic mass is 15.2. The van der Waals surface area contributed by atoms with E-state index in [-0.39, 0.29) is 44.6 Å². The van der Waals surface area contributed by atoms with Gasteiger partial charge in [0.1, 0.15) is 0 Å². The number of nitrogens with zero attached hydrogens (tertiary/aromatic N) is 2. The maximum absolute atomic E-state index is 9.29. The molecule has 0 N–H and O–H groups in total. The molecule has 2 nitrogen and oxygen atoms in total. The van der Waals surface area contributed by atoms with Crippen LogP contribution in [0.25, 0.3) is 11.1 Å². The van der Waals surface area contributed by atoms with E-state index in [1.165, 1.54) is 66.6 Å². The average Bonchev–Trinajstić information content (AvgIpc) is 3.56. The van der Waals surface area contributed by atoms with Crippen molar-refractivity contribution in [2.24, 2.45) is 0 Å². The standard InChI is InChI=1S/C64H75BN2/c1-38-27-55-57-56(28-38)67(52-33-47-43(29-39(52)2)61(10,11)36-63(47,14)15)54-34-46-44(59(6,7)25-26-60(46,8)9)31-49(54)65(57)50-32-45-48(64(16,17)37-62(45,12)13)35-53(50)66(55)51-24-23-41(58(3,4)5)30-42(51)40-21-19-18-20-22-40/h18-24,27-35H,25-26,36-37H2,1-17H3/i1D3. The third kappa shape index (κ3) is 6.48. The minimum absolute atomic E-state index is 0.0229. The lowest BCUT2D eigenvalue weighted by Gasteiger charge is -2.48. The monoisotopic (exact) mass is 886 g/mol. The zero-order chi connectivity index (χ0) is 50.4. The summed E-state index contributed by atoms with van der Waals surface area (Å²) in [5.41, 5.74) is 23.5. The Morgan fingerprint density at radius 3 is 1.43 bits per heavy atom. The summed E-state index contributed by atoms with van der Waals surface area (Å²) in [5, 5.41) is 0. The number of fused-ring (bicyclic) bond motifs is 7. The Bertz CT molecular complexity index is 3210. The van der Waals surface area contributed by atoms with Crippen molar-refractivity contribution < 1.29 is 4.11 Å². The van der Waals surface area contributed by atoms with Crippen molar-refractivity contribution in [3.8, 4) is 11.1 Å². The molecule has 67 heavy (non-hydrogen) atoms. The van der Waals surface area contributed by atoms with E-state index < -0.39 is 6.85 Å². The molecule has 3 aliphatic carbocycles. The van der Waals surface area contributed by atoms with Crippen molar-refractivity contribution in [3.63, 3.8) is 0 Å². The highest BCUT2D eigenvalue weighted by molar-refractivity contribution is 7.00. The fraction of sp³-hybridized carbons (Fsp3) is 0.438. The molecule has 11 rings (SSSR count). The van der Waals surface area contributed by atoms with E-state index >= 15 is 0 Å². The van der Waals surface area contributed by atoms with Gasteiger partial charge in [-0.15, -0.1) is 0 Å². The van der Waals surface area contributed by atoms with Gasteiger partial charge in [0, 0.05) is 38.1 Å². The van der Waals surface area contributed by atoms with Crippen LogP contribution in [0.2, 0.25) is 0 Å². The van der Waals surface area contributed by atoms with E-state index in [1.54, 1.807) is 0 Å². The second-order valence-electron chi connectivity index (χ2n) is 26.6. The molecule has 0 saturated heterocycles. The number of aryl methyl sites for hydroxylation is 2. The Labute approximate surface area is 408 Å². The first-order valence-corrected chi connectivity index (χ1v) is 25.3. The molecule has 0 amide bonds. The summed E-state index contributed by atoms with van der Waals surface area (Å²) in [5.74, 6) is 0. The highest BCUT2D eigenvalue weighted by Crippen LogP contribution is 2.57. The van der Waals surface area contributed by atoms with Gasteiger partial charge in [0.25, 0.3) is 6.71 Å². The van der Waals surface area contributed by atoms with Crippen molar-refractivity contribution in [2.45, 2.75) is 181 Å². The van der Waals surface area contributed by atoms with Crippen molar-refractivity contribution in [1.82, 2.24) is 0 Å². The molecule has 0 atom stereocenters. The molecular formula is C64H75BN2. The molecule has 5 aliphatic rings. The minimum Gasteiger partial charge on any atom is -0.311 e. The normalized spacial score (nSPS) is 21.3. The van der Waals surface area contributed by atoms with Crippen LogP contribution in [-0.2, 0) is 37.9 Å². The zero-order valence-electron chi connectivity index (χ0n) is 46.5. The van der Waals surface area contributed by atoms with Crippen LogP contribution < -0.4 is 26.2 Å². The van der Waals surface area contributed by atoms with Gasteiger partial charge in [0.05, 0.1) is 5.69 Å². The molecule has 0 fully saturated rings. The molecule has 0 bridgehead atoms. The van der Waals surface area contributed by atoms with Crippen LogP contribution in [0.3, 0.4) is 0 Å². The van der Waals surface area contributed by atoms with Gasteiger partial charge < -0.3 is 9.80 Å². The Morgan fingerprint density at radius 1 is 0.478 bits per heavy atom. The molecule has 6 aromatic rings. The Balaban J connectivity index is 1.33. The van der Waals surface area contributed by atoms with Crippen LogP contribution in [-0.4, -0.2) is 6.71 Å². The van der Waals surface area contributed by atoms with Gasteiger partial charge in [0.2, 0.25) is 0 Å². The van der Waals surface area contributed by atoms with Crippen LogP contribution >= 0.6 is 0 Å². The molecule has 0 unspecified atom stereocenters. The van der Waals surface area contributed by atoms with E-state index in [0.29, 0.717) is 5.56 Å². The summed E-state index contributed by atoms with van der Waals surface area (Å²) in [7, 11) is 0. The Hall–Kier alpha value is -5.02. The summed E-state index contributed by atoms with van der Waals surface area (Å²) in [6, 6.07) is 37.2. The summed E-state index contributed by atoms with van der Waals surface area (Å²) in [6.45, 7) is 35.7. The number of hydrogen-bond donors (Lipinski definition) is 0. The van der Waals surface area contributed by atoms with E-state index in [1.807, 2.05) is 6.07 Å². The van der Waals surface area contributed by atoms with Gasteiger partial charge in [-0.2, -0.15) is 0 Å². The molecule has 344 valence electrons. The summed E-state index contributed by atoms with van der Waals surface area (Å²) >= 11 is 0. The van der Waals surface area contributed by atoms with Gasteiger partial charge >= 0.3 is 0 Å². The number of anilines is 6. The lowest BCUT2D eigenvalue weighted by molar-refractivity contribution is 0.332. The molecule has 0 aromatic heterocycles. The van der Waals surface area contributed by atoms with E-state index in [2.05, 4.69) is 212 Å². The predicted octanol–water partition coefficient (Wildman–Crippen LogP) is 15.6. The quantitative estimate of drug-likeness (QED) is 0.163. The highest BCUT2D eigenvalue weighted by Gasteiger charge is 2.51. The largest absolute Gasteiger partial charge is 0.311 e. The first-order valence-electron chi connectivity index (χ1n) is 26.8. The second-order valence-corrected chi connectivity index (χ2v) is 26.6. The van der Waals surface area contributed by atoms with Crippen LogP contribution in [0, 0.1) is 13.8 Å². The number of rotatable bonds is 3. The molecule has 6 aromatic carbocycles. The van der Waals surface area contributed by atoms with Gasteiger partial charge in [-0.25, -0.2) is 0 Å². The first kappa shape index (κ1) is 41.0. The van der Waals surface area contributed by atoms with Crippen LogP contribution in [0.4, 0.5) is 34.1 Å². The van der Waals surface area contributed by atoms with Crippen molar-refractivity contribution in [2.75, 3.05) is 9.80 Å². The van der Waals surface area contributed by atoms with Gasteiger partial charge in [-0.3, -0.25) is 0 Å². The van der Waals surface area contributed by atoms with Crippen LogP contribution in [0.5, 0.6) is 0 Å². The van der Waals surface area contributed by atoms with E-state index in [9.17, 15) is 4.11 Å². The third-order valence-electron chi connectivity index (χ3n) is 17.6. The molecule has 2 heterocycles. The van der Waals surface area contributed by atoms with Crippen LogP contribution in [0.15, 0.2) is 97.1 Å². The fourth-order valence-electron chi connectivity index (χ4n) is 14.4. The summed E-state index contributed by atoms with van der Waals surface area (Å²) in [4.78, 5) is 5.02. The van der Waals surface area contributed by atoms with Crippen molar-refractivity contribution in [3.05, 3.63) is 147 Å². The van der Waals surface area contributed by atoms with Crippen molar-refractivity contribution in [1.29, 1.82) is 0 Å². The lowest BCUT2D eigenvalue weighted by atomic mass is 9.32. The Kier molecular flexibility index (Phi) is 8.46. The maximum Gasteiger partial charge on any atom is 0.252 e. The summed E-state index contributed by atoms with van der Waals surface area (Å²) < 4.78 is 27.9. The molecule has 2 aliphatic heterocycles. The topological polar surface area (TPSA) is 6.48 Å². The van der Waals surface area contributed by atoms with Crippen molar-refractivity contribution >= 4 is 57.2 Å². The zero-order valence-corrected chi connectivity index (χ0v) is 43.5. The first-order chi connectivity index (χ1) is 32.3. The molecule has 0 spiro atoms. The maximum atomic E-state index is 9.29. The summed E-state index contributed by atoms with van der Waals surface area (Å²) in [6.07, 6.45) is 4.34. The smallest absolute Gasteiger partial charge is 0.252 e. The molecule has 0 radical (unpaired) electrons. The SMILES string of the molecule is [2H]C([2H])([2H])c1cc2c3c(c1)N(c1ccc(C(C)(C)C)cc1-c1ccccc1)c1cc4c(cc1B3c1cc3c(cc1N2c1cc2c(cc1C)C(C)(C)CC2(C)C)C(C)(C)CCC3(C)C)C(C)(C)CC4(C)C. The molecular weight excluding hydrogens is 808 g/mol. The van der Waals surface area contributed by atoms with Gasteiger partial charge in [-0.05, 0) is 192 Å². The molecule has 0 saturated carbocycles. The van der Waals surface area contributed by atoms with E-state index in [0.717, 1.165) is 65.2 Å². The number of benzene rings is 6. The minimum atomic E-state index is -2.37. The average molecular weight is 886 g/mol. The van der Waals surface area contributed by atoms with Gasteiger partial charge in [-0.1, -0.05) is 158 Å². The Morgan fingerprint density at radius 2 is 0.925 bits per heavy atom. The third-order valence-corrected chi connectivity index (χ3v) is 17.6. The van der Waals surface area contributed by atoms with Crippen LogP contribution in [0.1, 0.15) is 184 Å². The second kappa shape index (κ2) is 13.8. The molecule has 3 heteroatoms. The lowest BCUT2D eigenvalue weighted by Crippen LogP contribution is -2.62. The fourth-order valence-corrected chi connectivity index (χ4v) is 14.4. The van der Waals surface area contributed by atoms with E-state index in [4.69, 9.17) is 0 Å².